The summed E-state index contributed by atoms with van der Waals surface area (Å²) in [5.41, 5.74) is 0.654. The van der Waals surface area contributed by atoms with E-state index < -0.39 is 0 Å². The largest absolute Gasteiger partial charge is 0.317 e. The molecule has 1 saturated heterocycles. The fraction of sp³-hybridized carbons (Fsp3) is 1.00. The summed E-state index contributed by atoms with van der Waals surface area (Å²) in [6.07, 6.45) is 6.83. The molecular weight excluding hydrogens is 196 g/mol. The van der Waals surface area contributed by atoms with E-state index in [0.717, 1.165) is 6.54 Å². The lowest BCUT2D eigenvalue weighted by molar-refractivity contribution is 0.238. The van der Waals surface area contributed by atoms with E-state index in [4.69, 9.17) is 0 Å². The third-order valence-electron chi connectivity index (χ3n) is 4.35. The van der Waals surface area contributed by atoms with Crippen molar-refractivity contribution in [1.82, 2.24) is 10.2 Å². The molecule has 0 spiro atoms. The van der Waals surface area contributed by atoms with Crippen molar-refractivity contribution in [2.45, 2.75) is 52.9 Å². The molecule has 1 rings (SSSR count). The fourth-order valence-electron chi connectivity index (χ4n) is 2.81. The van der Waals surface area contributed by atoms with Gasteiger partial charge in [-0.25, -0.2) is 0 Å². The van der Waals surface area contributed by atoms with Gasteiger partial charge in [-0.1, -0.05) is 20.8 Å². The molecule has 2 heteroatoms. The molecule has 0 radical (unpaired) electrons. The van der Waals surface area contributed by atoms with E-state index in [2.05, 4.69) is 31.0 Å². The van der Waals surface area contributed by atoms with Gasteiger partial charge in [-0.15, -0.1) is 0 Å². The maximum atomic E-state index is 3.39. The molecule has 0 atom stereocenters. The Morgan fingerprint density at radius 3 is 2.44 bits per heavy atom. The summed E-state index contributed by atoms with van der Waals surface area (Å²) in [7, 11) is 0. The molecule has 2 nitrogen and oxygen atoms in total. The Hall–Kier alpha value is -0.0800. The van der Waals surface area contributed by atoms with Crippen LogP contribution in [0.25, 0.3) is 0 Å². The summed E-state index contributed by atoms with van der Waals surface area (Å²) in [5.74, 6) is 0. The van der Waals surface area contributed by atoms with Gasteiger partial charge in [-0.05, 0) is 63.7 Å². The summed E-state index contributed by atoms with van der Waals surface area (Å²) < 4.78 is 0. The Balaban J connectivity index is 2.11. The summed E-state index contributed by atoms with van der Waals surface area (Å²) in [6, 6.07) is 0. The first-order chi connectivity index (χ1) is 7.76. The fourth-order valence-corrected chi connectivity index (χ4v) is 2.81. The minimum absolute atomic E-state index is 0.654. The van der Waals surface area contributed by atoms with Gasteiger partial charge >= 0.3 is 0 Å². The molecule has 1 aliphatic heterocycles. The van der Waals surface area contributed by atoms with Crippen molar-refractivity contribution in [3.8, 4) is 0 Å². The van der Waals surface area contributed by atoms with E-state index in [0.29, 0.717) is 5.41 Å². The quantitative estimate of drug-likeness (QED) is 0.640. The molecule has 0 saturated carbocycles. The second kappa shape index (κ2) is 7.29. The van der Waals surface area contributed by atoms with Gasteiger partial charge in [0.05, 0.1) is 0 Å². The molecule has 16 heavy (non-hydrogen) atoms. The molecule has 0 unspecified atom stereocenters. The number of likely N-dealkylation sites (tertiary alicyclic amines) is 1. The lowest BCUT2D eigenvalue weighted by Crippen LogP contribution is -2.27. The molecule has 0 aromatic heterocycles. The van der Waals surface area contributed by atoms with Crippen LogP contribution < -0.4 is 5.32 Å². The Morgan fingerprint density at radius 2 is 1.88 bits per heavy atom. The standard InChI is InChI=1S/C14H30N2/c1-4-14(5-2)9-12-16(13-14)11-8-7-10-15-6-3/h15H,4-13H2,1-3H3. The van der Waals surface area contributed by atoms with Gasteiger partial charge in [-0.2, -0.15) is 0 Å². The number of nitrogens with one attached hydrogen (secondary N) is 1. The Morgan fingerprint density at radius 1 is 1.12 bits per heavy atom. The molecule has 1 aliphatic rings. The highest BCUT2D eigenvalue weighted by Crippen LogP contribution is 2.36. The van der Waals surface area contributed by atoms with Crippen LogP contribution in [0.3, 0.4) is 0 Å². The normalized spacial score (nSPS) is 20.4. The van der Waals surface area contributed by atoms with Crippen molar-refractivity contribution in [1.29, 1.82) is 0 Å². The first-order valence-electron chi connectivity index (χ1n) is 7.19. The minimum atomic E-state index is 0.654. The average Bonchev–Trinajstić information content (AvgIpc) is 2.73. The first-order valence-corrected chi connectivity index (χ1v) is 7.19. The van der Waals surface area contributed by atoms with Crippen LogP contribution in [0.1, 0.15) is 52.9 Å². The molecule has 0 aliphatic carbocycles. The van der Waals surface area contributed by atoms with Crippen molar-refractivity contribution < 1.29 is 0 Å². The topological polar surface area (TPSA) is 15.3 Å². The zero-order valence-corrected chi connectivity index (χ0v) is 11.5. The van der Waals surface area contributed by atoms with E-state index in [9.17, 15) is 0 Å². The Bertz CT molecular complexity index is 176. The van der Waals surface area contributed by atoms with Crippen molar-refractivity contribution in [3.05, 3.63) is 0 Å². The van der Waals surface area contributed by atoms with Crippen molar-refractivity contribution in [2.24, 2.45) is 5.41 Å². The molecular formula is C14H30N2. The van der Waals surface area contributed by atoms with E-state index in [1.165, 1.54) is 58.3 Å². The zero-order valence-electron chi connectivity index (χ0n) is 11.5. The van der Waals surface area contributed by atoms with E-state index in [-0.39, 0.29) is 0 Å². The van der Waals surface area contributed by atoms with Crippen molar-refractivity contribution in [3.63, 3.8) is 0 Å². The molecule has 0 aromatic rings. The van der Waals surface area contributed by atoms with Crippen LogP contribution in [0, 0.1) is 5.41 Å². The third kappa shape index (κ3) is 4.06. The van der Waals surface area contributed by atoms with E-state index in [1.54, 1.807) is 0 Å². The highest BCUT2D eigenvalue weighted by molar-refractivity contribution is 4.87. The van der Waals surface area contributed by atoms with Crippen LogP contribution in [0.5, 0.6) is 0 Å². The van der Waals surface area contributed by atoms with Crippen LogP contribution in [-0.2, 0) is 0 Å². The van der Waals surface area contributed by atoms with Crippen LogP contribution in [-0.4, -0.2) is 37.6 Å². The predicted molar refractivity (Wildman–Crippen MR) is 71.8 cm³/mol. The van der Waals surface area contributed by atoms with Gasteiger partial charge in [0.25, 0.3) is 0 Å². The van der Waals surface area contributed by atoms with Gasteiger partial charge in [0.15, 0.2) is 0 Å². The molecule has 1 N–H and O–H groups in total. The first kappa shape index (κ1) is 14.0. The lowest BCUT2D eigenvalue weighted by atomic mass is 9.82. The van der Waals surface area contributed by atoms with Crippen LogP contribution >= 0.6 is 0 Å². The third-order valence-corrected chi connectivity index (χ3v) is 4.35. The van der Waals surface area contributed by atoms with E-state index in [1.807, 2.05) is 0 Å². The number of rotatable bonds is 8. The maximum absolute atomic E-state index is 3.39. The van der Waals surface area contributed by atoms with Gasteiger partial charge in [-0.3, -0.25) is 0 Å². The molecule has 0 amide bonds. The smallest absolute Gasteiger partial charge is 0.00382 e. The maximum Gasteiger partial charge on any atom is 0.00382 e. The SMILES string of the molecule is CCNCCCCN1CCC(CC)(CC)C1. The molecule has 96 valence electrons. The monoisotopic (exact) mass is 226 g/mol. The van der Waals surface area contributed by atoms with Gasteiger partial charge in [0.2, 0.25) is 0 Å². The molecule has 1 heterocycles. The number of hydrogen-bond donors (Lipinski definition) is 1. The zero-order chi connectivity index (χ0) is 11.9. The predicted octanol–water partition coefficient (Wildman–Crippen LogP) is 2.89. The Labute approximate surface area is 102 Å². The van der Waals surface area contributed by atoms with Gasteiger partial charge < -0.3 is 10.2 Å². The summed E-state index contributed by atoms with van der Waals surface area (Å²) in [6.45, 7) is 13.2. The summed E-state index contributed by atoms with van der Waals surface area (Å²) in [5, 5.41) is 3.39. The van der Waals surface area contributed by atoms with Crippen LogP contribution in [0.2, 0.25) is 0 Å². The highest BCUT2D eigenvalue weighted by atomic mass is 15.2. The molecule has 1 fully saturated rings. The minimum Gasteiger partial charge on any atom is -0.317 e. The van der Waals surface area contributed by atoms with Crippen molar-refractivity contribution in [2.75, 3.05) is 32.7 Å². The van der Waals surface area contributed by atoms with Gasteiger partial charge in [0, 0.05) is 6.54 Å². The number of nitrogens with zero attached hydrogens (tertiary/aromatic N) is 1. The van der Waals surface area contributed by atoms with Crippen LogP contribution in [0.4, 0.5) is 0 Å². The Kier molecular flexibility index (Phi) is 6.37. The van der Waals surface area contributed by atoms with Crippen LogP contribution in [0.15, 0.2) is 0 Å². The van der Waals surface area contributed by atoms with Gasteiger partial charge in [0.1, 0.15) is 0 Å². The number of unbranched alkanes of at least 4 members (excludes halogenated alkanes) is 1. The second-order valence-corrected chi connectivity index (χ2v) is 5.29. The summed E-state index contributed by atoms with van der Waals surface area (Å²) >= 11 is 0. The second-order valence-electron chi connectivity index (χ2n) is 5.29. The highest BCUT2D eigenvalue weighted by Gasteiger charge is 2.34. The molecule has 0 bridgehead atoms. The average molecular weight is 226 g/mol. The lowest BCUT2D eigenvalue weighted by Gasteiger charge is -2.26. The molecule has 0 aromatic carbocycles. The van der Waals surface area contributed by atoms with E-state index >= 15 is 0 Å². The summed E-state index contributed by atoms with van der Waals surface area (Å²) in [4.78, 5) is 2.68. The van der Waals surface area contributed by atoms with Crippen molar-refractivity contribution >= 4 is 0 Å². The number of hydrogen-bond acceptors (Lipinski definition) is 2.